The Kier molecular flexibility index (Phi) is 2.70. The first-order valence-corrected chi connectivity index (χ1v) is 3.35. The highest BCUT2D eigenvalue weighted by atomic mass is 32.1. The summed E-state index contributed by atoms with van der Waals surface area (Å²) in [6.07, 6.45) is 0.905. The van der Waals surface area contributed by atoms with Crippen molar-refractivity contribution >= 4 is 23.5 Å². The standard InChI is InChI=1S/C5H5FN4OS/c6-3-1-8-5(10-4(3)7)11-9-2-12/h1-2H,(H,9,12)(H2,7,8,10). The van der Waals surface area contributed by atoms with Crippen LogP contribution in [-0.2, 0) is 0 Å². The van der Waals surface area contributed by atoms with Gasteiger partial charge in [-0.3, -0.25) is 0 Å². The Labute approximate surface area is 72.7 Å². The van der Waals surface area contributed by atoms with Crippen LogP contribution in [0.1, 0.15) is 0 Å². The van der Waals surface area contributed by atoms with E-state index in [0.717, 1.165) is 11.7 Å². The third-order valence-electron chi connectivity index (χ3n) is 0.947. The van der Waals surface area contributed by atoms with Gasteiger partial charge in [0, 0.05) is 0 Å². The van der Waals surface area contributed by atoms with Gasteiger partial charge in [0.05, 0.1) is 11.7 Å². The molecule has 0 unspecified atom stereocenters. The SMILES string of the molecule is Nc1nc(ONC=S)ncc1F. The molecule has 1 aromatic rings. The van der Waals surface area contributed by atoms with Crippen molar-refractivity contribution in [3.8, 4) is 6.01 Å². The second kappa shape index (κ2) is 3.77. The minimum absolute atomic E-state index is 0.0880. The number of hydrogen-bond acceptors (Lipinski definition) is 5. The van der Waals surface area contributed by atoms with Crippen molar-refractivity contribution in [1.82, 2.24) is 15.4 Å². The molecule has 64 valence electrons. The van der Waals surface area contributed by atoms with Crippen LogP contribution in [0.5, 0.6) is 6.01 Å². The number of anilines is 1. The van der Waals surface area contributed by atoms with E-state index in [1.54, 1.807) is 0 Å². The highest BCUT2D eigenvalue weighted by Crippen LogP contribution is 2.07. The van der Waals surface area contributed by atoms with Crippen molar-refractivity contribution in [3.63, 3.8) is 0 Å². The van der Waals surface area contributed by atoms with Gasteiger partial charge in [-0.1, -0.05) is 12.2 Å². The summed E-state index contributed by atoms with van der Waals surface area (Å²) in [7, 11) is 0. The molecule has 0 fully saturated rings. The van der Waals surface area contributed by atoms with Crippen LogP contribution in [0.25, 0.3) is 0 Å². The van der Waals surface area contributed by atoms with Gasteiger partial charge in [-0.2, -0.15) is 9.97 Å². The predicted molar refractivity (Wildman–Crippen MR) is 43.8 cm³/mol. The van der Waals surface area contributed by atoms with E-state index in [0.29, 0.717) is 0 Å². The lowest BCUT2D eigenvalue weighted by atomic mass is 10.6. The minimum Gasteiger partial charge on any atom is -0.381 e. The zero-order chi connectivity index (χ0) is 8.97. The average Bonchev–Trinajstić information content (AvgIpc) is 2.07. The molecule has 0 aromatic carbocycles. The van der Waals surface area contributed by atoms with Gasteiger partial charge < -0.3 is 10.6 Å². The summed E-state index contributed by atoms with van der Waals surface area (Å²) in [6, 6.07) is -0.0880. The molecule has 0 bridgehead atoms. The van der Waals surface area contributed by atoms with Crippen LogP contribution >= 0.6 is 12.2 Å². The van der Waals surface area contributed by atoms with Gasteiger partial charge in [0.25, 0.3) is 0 Å². The van der Waals surface area contributed by atoms with E-state index in [1.165, 1.54) is 0 Å². The second-order valence-corrected chi connectivity index (χ2v) is 1.96. The Morgan fingerprint density at radius 2 is 2.50 bits per heavy atom. The predicted octanol–water partition coefficient (Wildman–Crippen LogP) is 0.0385. The zero-order valence-electron chi connectivity index (χ0n) is 5.82. The number of nitrogens with two attached hydrogens (primary N) is 1. The molecule has 0 aliphatic carbocycles. The molecule has 5 nitrogen and oxygen atoms in total. The van der Waals surface area contributed by atoms with E-state index in [9.17, 15) is 4.39 Å². The number of hydrogen-bond donors (Lipinski definition) is 2. The Bertz CT molecular complexity index is 295. The van der Waals surface area contributed by atoms with Gasteiger partial charge in [0.15, 0.2) is 11.6 Å². The fraction of sp³-hybridized carbons (Fsp3) is 0. The molecule has 1 heterocycles. The molecule has 0 atom stereocenters. The first kappa shape index (κ1) is 8.60. The van der Waals surface area contributed by atoms with Crippen LogP contribution in [0, 0.1) is 5.82 Å². The van der Waals surface area contributed by atoms with E-state index < -0.39 is 5.82 Å². The van der Waals surface area contributed by atoms with Crippen LogP contribution < -0.4 is 16.1 Å². The number of thiocarbonyl (C=S) groups is 1. The number of nitrogens with one attached hydrogen (secondary N) is 1. The largest absolute Gasteiger partial charge is 0.381 e. The number of aromatic nitrogens is 2. The lowest BCUT2D eigenvalue weighted by Crippen LogP contribution is -2.16. The number of hydroxylamine groups is 1. The number of nitrogen functional groups attached to an aromatic ring is 1. The van der Waals surface area contributed by atoms with Crippen LogP contribution in [0.2, 0.25) is 0 Å². The number of nitrogens with zero attached hydrogens (tertiary/aromatic N) is 2. The van der Waals surface area contributed by atoms with Crippen LogP contribution in [0.4, 0.5) is 10.2 Å². The normalized spacial score (nSPS) is 9.08. The Morgan fingerprint density at radius 3 is 3.08 bits per heavy atom. The summed E-state index contributed by atoms with van der Waals surface area (Å²) in [5.74, 6) is -0.962. The van der Waals surface area contributed by atoms with Crippen molar-refractivity contribution in [2.75, 3.05) is 5.73 Å². The molecule has 0 radical (unpaired) electrons. The van der Waals surface area contributed by atoms with Gasteiger partial charge in [-0.15, -0.1) is 0 Å². The van der Waals surface area contributed by atoms with E-state index in [4.69, 9.17) is 5.73 Å². The molecule has 0 saturated heterocycles. The summed E-state index contributed by atoms with van der Waals surface area (Å²) < 4.78 is 12.5. The summed E-state index contributed by atoms with van der Waals surface area (Å²) in [5, 5.41) is 0. The van der Waals surface area contributed by atoms with Crippen LogP contribution in [0.15, 0.2) is 6.20 Å². The molecule has 3 N–H and O–H groups in total. The van der Waals surface area contributed by atoms with Gasteiger partial charge in [-0.05, 0) is 0 Å². The summed E-state index contributed by atoms with van der Waals surface area (Å²) >= 11 is 4.39. The lowest BCUT2D eigenvalue weighted by molar-refractivity contribution is 0.245. The maximum absolute atomic E-state index is 12.5. The van der Waals surface area contributed by atoms with Gasteiger partial charge in [0.2, 0.25) is 0 Å². The molecule has 0 saturated carbocycles. The molecule has 1 rings (SSSR count). The fourth-order valence-electron chi connectivity index (χ4n) is 0.489. The second-order valence-electron chi connectivity index (χ2n) is 1.72. The fourth-order valence-corrected chi connectivity index (χ4v) is 0.537. The Balaban J connectivity index is 2.75. The molecule has 12 heavy (non-hydrogen) atoms. The molecule has 0 aliphatic heterocycles. The van der Waals surface area contributed by atoms with Gasteiger partial charge >= 0.3 is 6.01 Å². The first-order valence-electron chi connectivity index (χ1n) is 2.88. The highest BCUT2D eigenvalue weighted by molar-refractivity contribution is 7.78. The molecule has 0 amide bonds. The van der Waals surface area contributed by atoms with E-state index >= 15 is 0 Å². The van der Waals surface area contributed by atoms with Gasteiger partial charge in [0.1, 0.15) is 0 Å². The van der Waals surface area contributed by atoms with Crippen molar-refractivity contribution in [2.45, 2.75) is 0 Å². The Morgan fingerprint density at radius 1 is 1.75 bits per heavy atom. The van der Waals surface area contributed by atoms with Gasteiger partial charge in [-0.25, -0.2) is 9.87 Å². The smallest absolute Gasteiger partial charge is 0.344 e. The van der Waals surface area contributed by atoms with Crippen molar-refractivity contribution in [2.24, 2.45) is 0 Å². The van der Waals surface area contributed by atoms with E-state index in [1.807, 2.05) is 0 Å². The zero-order valence-corrected chi connectivity index (χ0v) is 6.64. The maximum atomic E-state index is 12.5. The molecule has 7 heteroatoms. The van der Waals surface area contributed by atoms with Crippen LogP contribution in [0.3, 0.4) is 0 Å². The summed E-state index contributed by atoms with van der Waals surface area (Å²) in [4.78, 5) is 11.5. The summed E-state index contributed by atoms with van der Waals surface area (Å²) in [6.45, 7) is 0. The lowest BCUT2D eigenvalue weighted by Gasteiger charge is -2.00. The quantitative estimate of drug-likeness (QED) is 0.515. The monoisotopic (exact) mass is 188 g/mol. The topological polar surface area (TPSA) is 73.1 Å². The molecule has 0 aliphatic rings. The average molecular weight is 188 g/mol. The number of halogens is 1. The summed E-state index contributed by atoms with van der Waals surface area (Å²) in [5.41, 5.74) is 8.43. The third kappa shape index (κ3) is 1.99. The third-order valence-corrected chi connectivity index (χ3v) is 1.04. The Hall–Kier alpha value is -1.50. The molecular weight excluding hydrogens is 183 g/mol. The highest BCUT2D eigenvalue weighted by Gasteiger charge is 2.02. The van der Waals surface area contributed by atoms with E-state index in [-0.39, 0.29) is 11.8 Å². The number of rotatable bonds is 3. The van der Waals surface area contributed by atoms with Crippen molar-refractivity contribution in [1.29, 1.82) is 0 Å². The van der Waals surface area contributed by atoms with Crippen molar-refractivity contribution < 1.29 is 9.23 Å². The molecule has 1 aromatic heterocycles. The van der Waals surface area contributed by atoms with E-state index in [2.05, 4.69) is 32.5 Å². The van der Waals surface area contributed by atoms with Crippen LogP contribution in [-0.4, -0.2) is 15.5 Å². The first-order chi connectivity index (χ1) is 5.74. The minimum atomic E-state index is -0.690. The van der Waals surface area contributed by atoms with Crippen molar-refractivity contribution in [3.05, 3.63) is 12.0 Å². The molecular formula is C5H5FN4OS. The molecule has 0 spiro atoms. The maximum Gasteiger partial charge on any atom is 0.344 e.